The van der Waals surface area contributed by atoms with Gasteiger partial charge in [0.2, 0.25) is 0 Å². The van der Waals surface area contributed by atoms with Gasteiger partial charge in [0.15, 0.2) is 0 Å². The van der Waals surface area contributed by atoms with Gasteiger partial charge in [-0.05, 0) is 24.2 Å². The Hall–Kier alpha value is -0.860. The zero-order valence-corrected chi connectivity index (χ0v) is 9.79. The average Bonchev–Trinajstić information content (AvgIpc) is 2.20. The third-order valence-corrected chi connectivity index (χ3v) is 3.67. The summed E-state index contributed by atoms with van der Waals surface area (Å²) in [4.78, 5) is 22.3. The molecule has 15 heavy (non-hydrogen) atoms. The van der Waals surface area contributed by atoms with Gasteiger partial charge in [-0.1, -0.05) is 20.3 Å². The van der Waals surface area contributed by atoms with E-state index >= 15 is 0 Å². The Kier molecular flexibility index (Phi) is 3.89. The highest BCUT2D eigenvalue weighted by Gasteiger charge is 2.40. The van der Waals surface area contributed by atoms with Gasteiger partial charge >= 0.3 is 5.97 Å². The van der Waals surface area contributed by atoms with Crippen LogP contribution in [0.1, 0.15) is 39.5 Å². The number of aldehydes is 1. The minimum atomic E-state index is -0.207. The number of carbonyl (C=O) groups excluding carboxylic acids is 2. The minimum Gasteiger partial charge on any atom is -0.469 e. The molecule has 1 aliphatic carbocycles. The van der Waals surface area contributed by atoms with Crippen LogP contribution in [0, 0.1) is 17.3 Å². The van der Waals surface area contributed by atoms with E-state index in [4.69, 9.17) is 0 Å². The summed E-state index contributed by atoms with van der Waals surface area (Å²) >= 11 is 0. The Morgan fingerprint density at radius 3 is 2.73 bits per heavy atom. The van der Waals surface area contributed by atoms with Gasteiger partial charge in [-0.25, -0.2) is 0 Å². The van der Waals surface area contributed by atoms with Crippen LogP contribution >= 0.6 is 0 Å². The van der Waals surface area contributed by atoms with Crippen molar-refractivity contribution in [2.45, 2.75) is 39.5 Å². The first-order chi connectivity index (χ1) is 7.01. The molecule has 2 atom stereocenters. The van der Waals surface area contributed by atoms with E-state index in [9.17, 15) is 9.59 Å². The lowest BCUT2D eigenvalue weighted by Crippen LogP contribution is -2.37. The Morgan fingerprint density at radius 1 is 1.53 bits per heavy atom. The van der Waals surface area contributed by atoms with Crippen molar-refractivity contribution in [1.82, 2.24) is 0 Å². The molecule has 1 rings (SSSR count). The lowest BCUT2D eigenvalue weighted by molar-refractivity contribution is -0.144. The van der Waals surface area contributed by atoms with Crippen LogP contribution in [0.15, 0.2) is 0 Å². The summed E-state index contributed by atoms with van der Waals surface area (Å²) in [6.45, 7) is 4.27. The third-order valence-electron chi connectivity index (χ3n) is 3.67. The predicted octanol–water partition coefficient (Wildman–Crippen LogP) is 2.19. The molecular weight excluding hydrogens is 192 g/mol. The largest absolute Gasteiger partial charge is 0.469 e. The second-order valence-corrected chi connectivity index (χ2v) is 5.07. The summed E-state index contributed by atoms with van der Waals surface area (Å²) in [5.41, 5.74) is 0.0675. The molecule has 86 valence electrons. The molecule has 0 aromatic carbocycles. The fourth-order valence-electron chi connectivity index (χ4n) is 2.61. The van der Waals surface area contributed by atoms with Crippen LogP contribution < -0.4 is 0 Å². The number of hydrogen-bond acceptors (Lipinski definition) is 3. The van der Waals surface area contributed by atoms with E-state index in [-0.39, 0.29) is 23.2 Å². The molecule has 0 aromatic heterocycles. The SMILES string of the molecule is COC(=O)CC1C(C=O)CCCC1(C)C. The number of carbonyl (C=O) groups is 2. The van der Waals surface area contributed by atoms with Gasteiger partial charge in [-0.15, -0.1) is 0 Å². The van der Waals surface area contributed by atoms with E-state index in [1.54, 1.807) is 0 Å². The first-order valence-electron chi connectivity index (χ1n) is 5.53. The Morgan fingerprint density at radius 2 is 2.20 bits per heavy atom. The first kappa shape index (κ1) is 12.2. The van der Waals surface area contributed by atoms with E-state index in [0.29, 0.717) is 6.42 Å². The molecule has 0 aliphatic heterocycles. The topological polar surface area (TPSA) is 43.4 Å². The number of methoxy groups -OCH3 is 1. The van der Waals surface area contributed by atoms with Gasteiger partial charge < -0.3 is 9.53 Å². The fourth-order valence-corrected chi connectivity index (χ4v) is 2.61. The van der Waals surface area contributed by atoms with Crippen molar-refractivity contribution in [3.63, 3.8) is 0 Å². The minimum absolute atomic E-state index is 0.0212. The van der Waals surface area contributed by atoms with Crippen LogP contribution in [0.25, 0.3) is 0 Å². The lowest BCUT2D eigenvalue weighted by atomic mass is 9.63. The molecule has 3 nitrogen and oxygen atoms in total. The highest BCUT2D eigenvalue weighted by molar-refractivity contribution is 5.70. The van der Waals surface area contributed by atoms with Crippen LogP contribution in [-0.4, -0.2) is 19.4 Å². The van der Waals surface area contributed by atoms with E-state index in [2.05, 4.69) is 18.6 Å². The van der Waals surface area contributed by atoms with Gasteiger partial charge in [0, 0.05) is 12.3 Å². The maximum atomic E-state index is 11.3. The molecule has 0 aromatic rings. The van der Waals surface area contributed by atoms with E-state index in [1.165, 1.54) is 7.11 Å². The second kappa shape index (κ2) is 4.77. The van der Waals surface area contributed by atoms with Gasteiger partial charge in [-0.3, -0.25) is 4.79 Å². The standard InChI is InChI=1S/C12H20O3/c1-12(2)6-4-5-9(8-13)10(12)7-11(14)15-3/h8-10H,4-7H2,1-3H3. The summed E-state index contributed by atoms with van der Waals surface area (Å²) in [6.07, 6.45) is 4.45. The summed E-state index contributed by atoms with van der Waals surface area (Å²) < 4.78 is 4.68. The van der Waals surface area contributed by atoms with Crippen molar-refractivity contribution in [3.8, 4) is 0 Å². The smallest absolute Gasteiger partial charge is 0.305 e. The zero-order valence-electron chi connectivity index (χ0n) is 9.79. The Balaban J connectivity index is 2.75. The van der Waals surface area contributed by atoms with E-state index < -0.39 is 0 Å². The van der Waals surface area contributed by atoms with Gasteiger partial charge in [0.25, 0.3) is 0 Å². The molecular formula is C12H20O3. The number of hydrogen-bond donors (Lipinski definition) is 0. The normalized spacial score (nSPS) is 29.5. The molecule has 0 heterocycles. The van der Waals surface area contributed by atoms with Crippen molar-refractivity contribution in [1.29, 1.82) is 0 Å². The van der Waals surface area contributed by atoms with Crippen molar-refractivity contribution in [2.24, 2.45) is 17.3 Å². The molecule has 0 amide bonds. The van der Waals surface area contributed by atoms with Gasteiger partial charge in [0.05, 0.1) is 7.11 Å². The molecule has 0 spiro atoms. The summed E-state index contributed by atoms with van der Waals surface area (Å²) in [6, 6.07) is 0. The Bertz CT molecular complexity index is 245. The third kappa shape index (κ3) is 2.80. The van der Waals surface area contributed by atoms with Crippen LogP contribution in [0.3, 0.4) is 0 Å². The Labute approximate surface area is 91.2 Å². The first-order valence-corrected chi connectivity index (χ1v) is 5.53. The molecule has 0 radical (unpaired) electrons. The van der Waals surface area contributed by atoms with Crippen LogP contribution in [0.4, 0.5) is 0 Å². The summed E-state index contributed by atoms with van der Waals surface area (Å²) in [7, 11) is 1.40. The number of ether oxygens (including phenoxy) is 1. The maximum absolute atomic E-state index is 11.3. The average molecular weight is 212 g/mol. The zero-order chi connectivity index (χ0) is 11.5. The second-order valence-electron chi connectivity index (χ2n) is 5.07. The molecule has 1 fully saturated rings. The fraction of sp³-hybridized carbons (Fsp3) is 0.833. The maximum Gasteiger partial charge on any atom is 0.305 e. The number of rotatable bonds is 3. The van der Waals surface area contributed by atoms with Gasteiger partial charge in [0.1, 0.15) is 6.29 Å². The molecule has 0 bridgehead atoms. The predicted molar refractivity (Wildman–Crippen MR) is 57.3 cm³/mol. The monoisotopic (exact) mass is 212 g/mol. The van der Waals surface area contributed by atoms with E-state index in [1.807, 2.05) is 0 Å². The van der Waals surface area contributed by atoms with Crippen molar-refractivity contribution < 1.29 is 14.3 Å². The molecule has 0 saturated heterocycles. The van der Waals surface area contributed by atoms with Crippen molar-refractivity contribution in [2.75, 3.05) is 7.11 Å². The van der Waals surface area contributed by atoms with Crippen molar-refractivity contribution >= 4 is 12.3 Å². The summed E-state index contributed by atoms with van der Waals surface area (Å²) in [5.74, 6) is -0.0501. The quantitative estimate of drug-likeness (QED) is 0.532. The molecule has 2 unspecified atom stereocenters. The highest BCUT2D eigenvalue weighted by Crippen LogP contribution is 2.45. The van der Waals surface area contributed by atoms with Crippen LogP contribution in [0.5, 0.6) is 0 Å². The molecule has 1 saturated carbocycles. The van der Waals surface area contributed by atoms with E-state index in [0.717, 1.165) is 25.5 Å². The van der Waals surface area contributed by atoms with Gasteiger partial charge in [-0.2, -0.15) is 0 Å². The molecule has 3 heteroatoms. The molecule has 0 N–H and O–H groups in total. The van der Waals surface area contributed by atoms with Crippen LogP contribution in [0.2, 0.25) is 0 Å². The van der Waals surface area contributed by atoms with Crippen molar-refractivity contribution in [3.05, 3.63) is 0 Å². The lowest BCUT2D eigenvalue weighted by Gasteiger charge is -2.41. The highest BCUT2D eigenvalue weighted by atomic mass is 16.5. The number of esters is 1. The molecule has 1 aliphatic rings. The summed E-state index contributed by atoms with van der Waals surface area (Å²) in [5, 5.41) is 0. The van der Waals surface area contributed by atoms with Crippen LogP contribution in [-0.2, 0) is 14.3 Å².